The highest BCUT2D eigenvalue weighted by Crippen LogP contribution is 2.27. The Balaban J connectivity index is 1.33. The molecule has 39 heavy (non-hydrogen) atoms. The molecule has 6 rings (SSSR count). The van der Waals surface area contributed by atoms with E-state index < -0.39 is 0 Å². The summed E-state index contributed by atoms with van der Waals surface area (Å²) in [5.41, 5.74) is 8.24. The molecule has 0 bridgehead atoms. The first-order valence-electron chi connectivity index (χ1n) is 14.7. The van der Waals surface area contributed by atoms with E-state index in [0.29, 0.717) is 6.04 Å². The maximum Gasteiger partial charge on any atom is 0.297 e. The second kappa shape index (κ2) is 11.9. The standard InChI is InChI=1S/C35H39N3O/c1-2-38-34(30-20-21-30)33(39-35(38)36-31-16-10-5-11-17-31)24-27-18-22-32(23-19-27)37(25-28-12-6-3-7-13-28)26-29-14-8-4-9-15-29/h3-4,6-9,12-15,18-19,22-24,31H,2,5,10-11,16-17,20-21,25-26H2,1H3/b33-24+,36-35+. The third-order valence-electron chi connectivity index (χ3n) is 7.94. The summed E-state index contributed by atoms with van der Waals surface area (Å²) in [4.78, 5) is 7.54. The molecule has 2 aliphatic rings. The zero-order valence-electron chi connectivity index (χ0n) is 23.1. The SMILES string of the molecule is CCn1c(=C2CC2)/c(=C\c2ccc(N(Cc3ccccc3)Cc3ccccc3)cc2)o/c1=N/C1CCCCC1. The Hall–Kier alpha value is -3.79. The minimum atomic E-state index is 0.395. The minimum Gasteiger partial charge on any atom is -0.423 e. The molecule has 0 radical (unpaired) electrons. The predicted molar refractivity (Wildman–Crippen MR) is 159 cm³/mol. The van der Waals surface area contributed by atoms with Gasteiger partial charge >= 0.3 is 0 Å². The molecule has 4 nitrogen and oxygen atoms in total. The van der Waals surface area contributed by atoms with Crippen LogP contribution >= 0.6 is 0 Å². The lowest BCUT2D eigenvalue weighted by molar-refractivity contribution is 0.386. The Labute approximate surface area is 231 Å². The van der Waals surface area contributed by atoms with Crippen LogP contribution in [0.15, 0.2) is 94.3 Å². The zero-order chi connectivity index (χ0) is 26.4. The largest absolute Gasteiger partial charge is 0.423 e. The molecule has 0 atom stereocenters. The fraction of sp³-hybridized carbons (Fsp3) is 0.343. The average Bonchev–Trinajstić information content (AvgIpc) is 3.77. The van der Waals surface area contributed by atoms with Gasteiger partial charge < -0.3 is 9.32 Å². The Kier molecular flexibility index (Phi) is 7.80. The van der Waals surface area contributed by atoms with E-state index in [1.54, 1.807) is 0 Å². The molecule has 4 aromatic rings. The van der Waals surface area contributed by atoms with Crippen LogP contribution in [-0.2, 0) is 19.6 Å². The van der Waals surface area contributed by atoms with E-state index in [1.165, 1.54) is 59.8 Å². The summed E-state index contributed by atoms with van der Waals surface area (Å²) < 4.78 is 8.79. The van der Waals surface area contributed by atoms with Crippen LogP contribution in [0, 0.1) is 0 Å². The highest BCUT2D eigenvalue weighted by Gasteiger charge is 2.19. The number of benzene rings is 3. The lowest BCUT2D eigenvalue weighted by Crippen LogP contribution is -2.33. The molecule has 0 saturated heterocycles. The van der Waals surface area contributed by atoms with Crippen molar-refractivity contribution in [1.82, 2.24) is 4.57 Å². The highest BCUT2D eigenvalue weighted by molar-refractivity contribution is 5.59. The summed E-state index contributed by atoms with van der Waals surface area (Å²) in [7, 11) is 0. The maximum absolute atomic E-state index is 6.49. The number of anilines is 1. The van der Waals surface area contributed by atoms with E-state index in [1.807, 2.05) is 0 Å². The van der Waals surface area contributed by atoms with Crippen LogP contribution in [-0.4, -0.2) is 10.6 Å². The fourth-order valence-corrected chi connectivity index (χ4v) is 5.73. The van der Waals surface area contributed by atoms with Crippen LogP contribution in [0.2, 0.25) is 0 Å². The Morgan fingerprint density at radius 3 is 2.00 bits per heavy atom. The summed E-state index contributed by atoms with van der Waals surface area (Å²) in [5.74, 6) is 0. The topological polar surface area (TPSA) is 33.7 Å². The molecule has 2 aliphatic carbocycles. The maximum atomic E-state index is 6.49. The van der Waals surface area contributed by atoms with E-state index >= 15 is 0 Å². The van der Waals surface area contributed by atoms with Gasteiger partial charge in [0.15, 0.2) is 5.42 Å². The van der Waals surface area contributed by atoms with Gasteiger partial charge in [0.05, 0.1) is 11.4 Å². The van der Waals surface area contributed by atoms with Crippen LogP contribution < -0.4 is 21.3 Å². The number of oxazole rings is 1. The molecule has 1 aromatic heterocycles. The first-order valence-corrected chi connectivity index (χ1v) is 14.7. The fourth-order valence-electron chi connectivity index (χ4n) is 5.73. The van der Waals surface area contributed by atoms with E-state index in [9.17, 15) is 0 Å². The van der Waals surface area contributed by atoms with Crippen LogP contribution in [0.25, 0.3) is 11.6 Å². The number of nitrogens with zero attached hydrogens (tertiary/aromatic N) is 3. The van der Waals surface area contributed by atoms with Crippen molar-refractivity contribution in [3.63, 3.8) is 0 Å². The van der Waals surface area contributed by atoms with Gasteiger partial charge in [0.25, 0.3) is 5.68 Å². The monoisotopic (exact) mass is 517 g/mol. The molecule has 0 unspecified atom stereocenters. The molecule has 0 spiro atoms. The number of hydrogen-bond acceptors (Lipinski definition) is 3. The van der Waals surface area contributed by atoms with Crippen molar-refractivity contribution < 1.29 is 4.42 Å². The Morgan fingerprint density at radius 2 is 1.44 bits per heavy atom. The van der Waals surface area contributed by atoms with Crippen molar-refractivity contribution >= 4 is 17.3 Å². The summed E-state index contributed by atoms with van der Waals surface area (Å²) in [6, 6.07) is 30.7. The molecule has 4 heteroatoms. The van der Waals surface area contributed by atoms with Crippen molar-refractivity contribution in [3.05, 3.63) is 118 Å². The Morgan fingerprint density at radius 1 is 0.821 bits per heavy atom. The van der Waals surface area contributed by atoms with Gasteiger partial charge in [-0.15, -0.1) is 0 Å². The van der Waals surface area contributed by atoms with E-state index in [0.717, 1.165) is 49.1 Å². The Bertz CT molecular complexity index is 1510. The molecule has 1 heterocycles. The van der Waals surface area contributed by atoms with Gasteiger partial charge in [-0.2, -0.15) is 0 Å². The normalized spacial score (nSPS) is 16.6. The summed E-state index contributed by atoms with van der Waals surface area (Å²) in [5, 5.41) is 1.26. The lowest BCUT2D eigenvalue weighted by Gasteiger charge is -2.25. The van der Waals surface area contributed by atoms with E-state index in [4.69, 9.17) is 9.41 Å². The summed E-state index contributed by atoms with van der Waals surface area (Å²) >= 11 is 0. The van der Waals surface area contributed by atoms with E-state index in [-0.39, 0.29) is 0 Å². The summed E-state index contributed by atoms with van der Waals surface area (Å²) in [6.07, 6.45) is 10.8. The number of hydrogen-bond donors (Lipinski definition) is 0. The predicted octanol–water partition coefficient (Wildman–Crippen LogP) is 6.31. The molecule has 3 aromatic carbocycles. The van der Waals surface area contributed by atoms with Gasteiger partial charge in [-0.05, 0) is 73.1 Å². The summed E-state index contributed by atoms with van der Waals surface area (Å²) in [6.45, 7) is 4.81. The lowest BCUT2D eigenvalue weighted by atomic mass is 9.96. The second-order valence-electron chi connectivity index (χ2n) is 10.9. The molecule has 2 saturated carbocycles. The number of aromatic nitrogens is 1. The molecule has 2 fully saturated rings. The third kappa shape index (κ3) is 6.27. The molecular formula is C35H39N3O. The molecule has 200 valence electrons. The van der Waals surface area contributed by atoms with Crippen LogP contribution in [0.3, 0.4) is 0 Å². The van der Waals surface area contributed by atoms with Crippen LogP contribution in [0.1, 0.15) is 68.6 Å². The van der Waals surface area contributed by atoms with Crippen molar-refractivity contribution in [1.29, 1.82) is 0 Å². The molecule has 0 N–H and O–H groups in total. The van der Waals surface area contributed by atoms with Crippen LogP contribution in [0.4, 0.5) is 5.69 Å². The highest BCUT2D eigenvalue weighted by atomic mass is 16.3. The second-order valence-corrected chi connectivity index (χ2v) is 10.9. The van der Waals surface area contributed by atoms with Gasteiger partial charge in [-0.25, -0.2) is 4.99 Å². The van der Waals surface area contributed by atoms with Gasteiger partial charge in [0.2, 0.25) is 0 Å². The first-order chi connectivity index (χ1) is 19.3. The molecule has 0 aliphatic heterocycles. The smallest absolute Gasteiger partial charge is 0.297 e. The van der Waals surface area contributed by atoms with Crippen molar-refractivity contribution in [2.24, 2.45) is 4.99 Å². The van der Waals surface area contributed by atoms with Gasteiger partial charge in [-0.3, -0.25) is 4.57 Å². The van der Waals surface area contributed by atoms with Gasteiger partial charge in [0, 0.05) is 25.3 Å². The average molecular weight is 518 g/mol. The van der Waals surface area contributed by atoms with Gasteiger partial charge in [0.1, 0.15) is 0 Å². The van der Waals surface area contributed by atoms with Crippen molar-refractivity contribution in [3.8, 4) is 0 Å². The van der Waals surface area contributed by atoms with Crippen molar-refractivity contribution in [2.45, 2.75) is 77.5 Å². The zero-order valence-corrected chi connectivity index (χ0v) is 23.1. The molecule has 0 amide bonds. The van der Waals surface area contributed by atoms with Crippen molar-refractivity contribution in [2.75, 3.05) is 4.90 Å². The van der Waals surface area contributed by atoms with E-state index in [2.05, 4.69) is 107 Å². The first kappa shape index (κ1) is 25.5. The third-order valence-corrected chi connectivity index (χ3v) is 7.94. The molecular weight excluding hydrogens is 478 g/mol. The number of rotatable bonds is 8. The minimum absolute atomic E-state index is 0.395. The van der Waals surface area contributed by atoms with Gasteiger partial charge in [-0.1, -0.05) is 92.1 Å². The van der Waals surface area contributed by atoms with Crippen LogP contribution in [0.5, 0.6) is 0 Å². The quantitative estimate of drug-likeness (QED) is 0.274.